The van der Waals surface area contributed by atoms with Crippen molar-refractivity contribution in [2.45, 2.75) is 13.2 Å². The first-order chi connectivity index (χ1) is 14.6. The van der Waals surface area contributed by atoms with Gasteiger partial charge in [0, 0.05) is 10.6 Å². The van der Waals surface area contributed by atoms with Gasteiger partial charge < -0.3 is 19.6 Å². The third-order valence-corrected chi connectivity index (χ3v) is 5.32. The van der Waals surface area contributed by atoms with Crippen LogP contribution in [0.3, 0.4) is 0 Å². The summed E-state index contributed by atoms with van der Waals surface area (Å²) in [6, 6.07) is 19.2. The highest BCUT2D eigenvalue weighted by Crippen LogP contribution is 2.28. The van der Waals surface area contributed by atoms with Crippen molar-refractivity contribution in [3.05, 3.63) is 86.8 Å². The highest BCUT2D eigenvalue weighted by molar-refractivity contribution is 9.10. The lowest BCUT2D eigenvalue weighted by molar-refractivity contribution is 0.304. The lowest BCUT2D eigenvalue weighted by atomic mass is 10.2. The molecule has 0 saturated carbocycles. The minimum Gasteiger partial charge on any atom is -0.493 e. The lowest BCUT2D eigenvalue weighted by Gasteiger charge is -2.10. The molecule has 0 unspecified atom stereocenters. The molecule has 30 heavy (non-hydrogen) atoms. The van der Waals surface area contributed by atoms with Gasteiger partial charge in [0.25, 0.3) is 0 Å². The van der Waals surface area contributed by atoms with Gasteiger partial charge in [-0.1, -0.05) is 35.9 Å². The minimum atomic E-state index is 0.401. The number of halogens is 2. The molecule has 0 spiro atoms. The molecule has 0 saturated heterocycles. The molecule has 7 heteroatoms. The Bertz CT molecular complexity index is 1030. The molecule has 3 aromatic rings. The number of rotatable bonds is 9. The summed E-state index contributed by atoms with van der Waals surface area (Å²) in [7, 11) is 3.23. The molecule has 5 nitrogen and oxygen atoms in total. The summed E-state index contributed by atoms with van der Waals surface area (Å²) in [6.07, 6.45) is 1.75. The fraction of sp³-hybridized carbons (Fsp3) is 0.174. The van der Waals surface area contributed by atoms with Gasteiger partial charge in [-0.3, -0.25) is 0 Å². The third kappa shape index (κ3) is 5.90. The summed E-state index contributed by atoms with van der Waals surface area (Å²) < 4.78 is 17.3. The number of nitrogens with one attached hydrogen (secondary N) is 1. The number of nitrogens with zero attached hydrogens (tertiary/aromatic N) is 1. The van der Waals surface area contributed by atoms with E-state index in [9.17, 15) is 0 Å². The Balaban J connectivity index is 1.55. The van der Waals surface area contributed by atoms with Crippen LogP contribution in [0.4, 0.5) is 0 Å². The van der Waals surface area contributed by atoms with Crippen molar-refractivity contribution in [1.82, 2.24) is 5.43 Å². The zero-order valence-corrected chi connectivity index (χ0v) is 19.0. The molecule has 0 aliphatic heterocycles. The topological polar surface area (TPSA) is 52.1 Å². The molecule has 0 heterocycles. The van der Waals surface area contributed by atoms with Gasteiger partial charge in [0.2, 0.25) is 0 Å². The Morgan fingerprint density at radius 3 is 2.47 bits per heavy atom. The van der Waals surface area contributed by atoms with Gasteiger partial charge in [-0.2, -0.15) is 5.10 Å². The second kappa shape index (κ2) is 10.9. The van der Waals surface area contributed by atoms with Crippen molar-refractivity contribution in [3.8, 4) is 17.2 Å². The Morgan fingerprint density at radius 2 is 1.73 bits per heavy atom. The first-order valence-electron chi connectivity index (χ1n) is 9.23. The molecular formula is C23H22BrClN2O3. The molecule has 0 aliphatic rings. The largest absolute Gasteiger partial charge is 0.493 e. The summed E-state index contributed by atoms with van der Waals surface area (Å²) >= 11 is 9.72. The molecular weight excluding hydrogens is 468 g/mol. The van der Waals surface area contributed by atoms with Crippen LogP contribution >= 0.6 is 27.5 Å². The average Bonchev–Trinajstić information content (AvgIpc) is 2.77. The summed E-state index contributed by atoms with van der Waals surface area (Å²) in [5.74, 6) is 2.13. The average molecular weight is 490 g/mol. The molecule has 3 rings (SSSR count). The molecule has 0 atom stereocenters. The van der Waals surface area contributed by atoms with Crippen LogP contribution < -0.4 is 19.6 Å². The maximum Gasteiger partial charge on any atom is 0.161 e. The Labute approximate surface area is 189 Å². The molecule has 0 bridgehead atoms. The van der Waals surface area contributed by atoms with Crippen molar-refractivity contribution in [3.63, 3.8) is 0 Å². The highest BCUT2D eigenvalue weighted by atomic mass is 79.9. The fourth-order valence-corrected chi connectivity index (χ4v) is 3.43. The minimum absolute atomic E-state index is 0.401. The summed E-state index contributed by atoms with van der Waals surface area (Å²) in [4.78, 5) is 0. The quantitative estimate of drug-likeness (QED) is 0.304. The Morgan fingerprint density at radius 1 is 0.967 bits per heavy atom. The molecule has 0 aromatic heterocycles. The second-order valence-corrected chi connectivity index (χ2v) is 7.61. The van der Waals surface area contributed by atoms with E-state index in [0.29, 0.717) is 29.7 Å². The first-order valence-corrected chi connectivity index (χ1v) is 10.4. The number of benzene rings is 3. The standard InChI is InChI=1S/C23H22BrClN2O3/c1-28-22-10-8-17(12-23(22)29-2)14-27-26-13-16-7-9-21(19(24)11-16)30-15-18-5-3-4-6-20(18)25/h3-13,27H,14-15H2,1-2H3/b26-13-. The van der Waals surface area contributed by atoms with Crippen LogP contribution in [0.5, 0.6) is 17.2 Å². The SMILES string of the molecule is COc1ccc(CN/N=C\c2ccc(OCc3ccccc3Cl)c(Br)c2)cc1OC. The smallest absolute Gasteiger partial charge is 0.161 e. The van der Waals surface area contributed by atoms with Gasteiger partial charge in [-0.25, -0.2) is 0 Å². The van der Waals surface area contributed by atoms with E-state index >= 15 is 0 Å². The van der Waals surface area contributed by atoms with Crippen molar-refractivity contribution in [2.24, 2.45) is 5.10 Å². The van der Waals surface area contributed by atoms with Crippen LogP contribution in [0, 0.1) is 0 Å². The number of ether oxygens (including phenoxy) is 3. The molecule has 1 N–H and O–H groups in total. The van der Waals surface area contributed by atoms with Crippen LogP contribution in [-0.2, 0) is 13.2 Å². The number of hydrazone groups is 1. The number of hydrogen-bond acceptors (Lipinski definition) is 5. The predicted octanol–water partition coefficient (Wildman–Crippen LogP) is 5.82. The zero-order valence-electron chi connectivity index (χ0n) is 16.7. The van der Waals surface area contributed by atoms with E-state index in [4.69, 9.17) is 25.8 Å². The molecule has 0 fully saturated rings. The van der Waals surface area contributed by atoms with Crippen molar-refractivity contribution >= 4 is 33.7 Å². The van der Waals surface area contributed by atoms with E-state index < -0.39 is 0 Å². The van der Waals surface area contributed by atoms with E-state index in [1.54, 1.807) is 20.4 Å². The van der Waals surface area contributed by atoms with Crippen LogP contribution in [0.25, 0.3) is 0 Å². The molecule has 0 aliphatic carbocycles. The van der Waals surface area contributed by atoms with Gasteiger partial charge in [-0.15, -0.1) is 0 Å². The lowest BCUT2D eigenvalue weighted by Crippen LogP contribution is -2.06. The Kier molecular flexibility index (Phi) is 7.99. The van der Waals surface area contributed by atoms with E-state index in [-0.39, 0.29) is 0 Å². The molecule has 0 radical (unpaired) electrons. The van der Waals surface area contributed by atoms with Crippen LogP contribution in [-0.4, -0.2) is 20.4 Å². The van der Waals surface area contributed by atoms with Gasteiger partial charge in [0.05, 0.1) is 31.5 Å². The van der Waals surface area contributed by atoms with Crippen LogP contribution in [0.15, 0.2) is 70.2 Å². The monoisotopic (exact) mass is 488 g/mol. The van der Waals surface area contributed by atoms with Crippen molar-refractivity contribution in [1.29, 1.82) is 0 Å². The second-order valence-electron chi connectivity index (χ2n) is 6.35. The van der Waals surface area contributed by atoms with Gasteiger partial charge in [0.15, 0.2) is 11.5 Å². The molecule has 0 amide bonds. The summed E-state index contributed by atoms with van der Waals surface area (Å²) in [5, 5.41) is 4.98. The zero-order chi connectivity index (χ0) is 21.3. The molecule has 3 aromatic carbocycles. The van der Waals surface area contributed by atoms with Gasteiger partial charge in [-0.05, 0) is 63.5 Å². The van der Waals surface area contributed by atoms with E-state index in [0.717, 1.165) is 26.9 Å². The van der Waals surface area contributed by atoms with E-state index in [1.165, 1.54) is 0 Å². The van der Waals surface area contributed by atoms with Crippen LogP contribution in [0.2, 0.25) is 5.02 Å². The van der Waals surface area contributed by atoms with Crippen LogP contribution in [0.1, 0.15) is 16.7 Å². The Hall–Kier alpha value is -2.70. The van der Waals surface area contributed by atoms with Gasteiger partial charge >= 0.3 is 0 Å². The van der Waals surface area contributed by atoms with Crippen molar-refractivity contribution < 1.29 is 14.2 Å². The summed E-state index contributed by atoms with van der Waals surface area (Å²) in [5.41, 5.74) is 5.95. The van der Waals surface area contributed by atoms with E-state index in [2.05, 4.69) is 26.5 Å². The molecule has 156 valence electrons. The first kappa shape index (κ1) is 22.0. The fourth-order valence-electron chi connectivity index (χ4n) is 2.73. The normalized spacial score (nSPS) is 10.8. The van der Waals surface area contributed by atoms with Crippen molar-refractivity contribution in [2.75, 3.05) is 14.2 Å². The van der Waals surface area contributed by atoms with E-state index in [1.807, 2.05) is 60.7 Å². The number of methoxy groups -OCH3 is 2. The summed E-state index contributed by atoms with van der Waals surface area (Å²) in [6.45, 7) is 0.968. The maximum absolute atomic E-state index is 6.17. The highest BCUT2D eigenvalue weighted by Gasteiger charge is 2.06. The predicted molar refractivity (Wildman–Crippen MR) is 124 cm³/mol. The van der Waals surface area contributed by atoms with Gasteiger partial charge in [0.1, 0.15) is 12.4 Å². The number of hydrogen-bond donors (Lipinski definition) is 1. The third-order valence-electron chi connectivity index (χ3n) is 4.33. The maximum atomic E-state index is 6.17.